The summed E-state index contributed by atoms with van der Waals surface area (Å²) in [7, 11) is 1.55. The number of amides is 3. The number of methoxy groups -OCH3 is 1. The van der Waals surface area contributed by atoms with E-state index in [0.29, 0.717) is 35.0 Å². The van der Waals surface area contributed by atoms with Gasteiger partial charge in [-0.3, -0.25) is 14.5 Å². The highest BCUT2D eigenvalue weighted by atomic mass is 16.6. The molecule has 2 N–H and O–H groups in total. The van der Waals surface area contributed by atoms with Crippen molar-refractivity contribution in [3.05, 3.63) is 95.1 Å². The molecule has 2 fully saturated rings. The number of carbonyl (C=O) groups excluding carboxylic acids is 3. The van der Waals surface area contributed by atoms with Crippen LogP contribution in [0, 0.1) is 12.8 Å². The number of carbonyl (C=O) groups is 3. The zero-order chi connectivity index (χ0) is 26.6. The highest BCUT2D eigenvalue weighted by Gasteiger charge is 2.47. The van der Waals surface area contributed by atoms with Gasteiger partial charge in [0.25, 0.3) is 5.91 Å². The van der Waals surface area contributed by atoms with E-state index >= 15 is 0 Å². The Balaban J connectivity index is 1.33. The minimum Gasteiger partial charge on any atom is -0.497 e. The van der Waals surface area contributed by atoms with Gasteiger partial charge < -0.3 is 20.1 Å². The standard InChI is InChI=1S/C30H31N3O5/c1-19-6-8-21(9-7-19)18-33-26(29(35)31-17-20-10-11-20)27(38-30(33)36)22-12-14-24(15-13-22)32-28(34)23-4-3-5-25(16-23)37-2/h3-9,12-16,20,26-27H,10-11,17-18H2,1-2H3,(H,31,35)(H,32,34)/t26-,27-/m1/s1. The molecule has 3 aromatic carbocycles. The smallest absolute Gasteiger partial charge is 0.411 e. The average Bonchev–Trinajstić information content (AvgIpc) is 3.71. The maximum Gasteiger partial charge on any atom is 0.411 e. The molecule has 0 unspecified atom stereocenters. The minimum atomic E-state index is -0.806. The molecule has 8 nitrogen and oxygen atoms in total. The normalized spacial score (nSPS) is 18.6. The Morgan fingerprint density at radius 1 is 1.03 bits per heavy atom. The summed E-state index contributed by atoms with van der Waals surface area (Å²) in [5.41, 5.74) is 3.77. The van der Waals surface area contributed by atoms with Gasteiger partial charge in [-0.1, -0.05) is 48.0 Å². The molecule has 2 aliphatic rings. The minimum absolute atomic E-state index is 0.227. The van der Waals surface area contributed by atoms with Crippen molar-refractivity contribution in [2.24, 2.45) is 5.92 Å². The number of hydrogen-bond acceptors (Lipinski definition) is 5. The highest BCUT2D eigenvalue weighted by Crippen LogP contribution is 2.35. The molecule has 196 valence electrons. The van der Waals surface area contributed by atoms with E-state index in [1.165, 1.54) is 4.90 Å². The number of rotatable bonds is 9. The van der Waals surface area contributed by atoms with Crippen LogP contribution >= 0.6 is 0 Å². The predicted octanol–water partition coefficient (Wildman–Crippen LogP) is 4.84. The van der Waals surface area contributed by atoms with Gasteiger partial charge in [0.1, 0.15) is 5.75 Å². The fourth-order valence-electron chi connectivity index (χ4n) is 4.50. The first-order chi connectivity index (χ1) is 18.4. The lowest BCUT2D eigenvalue weighted by Crippen LogP contribution is -2.46. The van der Waals surface area contributed by atoms with Gasteiger partial charge in [-0.2, -0.15) is 0 Å². The fourth-order valence-corrected chi connectivity index (χ4v) is 4.50. The Labute approximate surface area is 221 Å². The molecule has 1 saturated heterocycles. The van der Waals surface area contributed by atoms with Gasteiger partial charge in [0.2, 0.25) is 5.91 Å². The van der Waals surface area contributed by atoms with E-state index in [0.717, 1.165) is 24.0 Å². The zero-order valence-electron chi connectivity index (χ0n) is 21.5. The quantitative estimate of drug-likeness (QED) is 0.427. The summed E-state index contributed by atoms with van der Waals surface area (Å²) in [5, 5.41) is 5.88. The van der Waals surface area contributed by atoms with Crippen LogP contribution in [0.4, 0.5) is 10.5 Å². The first-order valence-corrected chi connectivity index (χ1v) is 12.8. The molecule has 0 bridgehead atoms. The Morgan fingerprint density at radius 2 is 1.76 bits per heavy atom. The van der Waals surface area contributed by atoms with Crippen molar-refractivity contribution in [3.8, 4) is 5.75 Å². The maximum absolute atomic E-state index is 13.3. The van der Waals surface area contributed by atoms with Crippen molar-refractivity contribution in [3.63, 3.8) is 0 Å². The summed E-state index contributed by atoms with van der Waals surface area (Å²) in [6.45, 7) is 2.87. The van der Waals surface area contributed by atoms with Crippen LogP contribution in [0.5, 0.6) is 5.75 Å². The lowest BCUT2D eigenvalue weighted by Gasteiger charge is -2.24. The molecule has 38 heavy (non-hydrogen) atoms. The Morgan fingerprint density at radius 3 is 2.45 bits per heavy atom. The van der Waals surface area contributed by atoms with E-state index in [1.54, 1.807) is 55.6 Å². The SMILES string of the molecule is COc1cccc(C(=O)Nc2ccc([C@H]3OC(=O)N(Cc4ccc(C)cc4)[C@H]3C(=O)NCC3CC3)cc2)c1. The van der Waals surface area contributed by atoms with Crippen molar-refractivity contribution in [2.45, 2.75) is 38.5 Å². The molecule has 1 heterocycles. The molecule has 3 aromatic rings. The lowest BCUT2D eigenvalue weighted by molar-refractivity contribution is -0.126. The molecule has 3 amide bonds. The second-order valence-corrected chi connectivity index (χ2v) is 9.86. The van der Waals surface area contributed by atoms with E-state index in [-0.39, 0.29) is 18.4 Å². The second kappa shape index (κ2) is 11.0. The molecular formula is C30H31N3O5. The van der Waals surface area contributed by atoms with Crippen molar-refractivity contribution in [2.75, 3.05) is 19.0 Å². The maximum atomic E-state index is 13.3. The predicted molar refractivity (Wildman–Crippen MR) is 143 cm³/mol. The van der Waals surface area contributed by atoms with Gasteiger partial charge in [0.15, 0.2) is 12.1 Å². The van der Waals surface area contributed by atoms with Crippen LogP contribution in [-0.2, 0) is 16.1 Å². The topological polar surface area (TPSA) is 97.0 Å². The molecule has 5 rings (SSSR count). The molecule has 1 aliphatic heterocycles. The number of nitrogens with zero attached hydrogens (tertiary/aromatic N) is 1. The second-order valence-electron chi connectivity index (χ2n) is 9.86. The molecule has 0 radical (unpaired) electrons. The van der Waals surface area contributed by atoms with Crippen LogP contribution in [0.3, 0.4) is 0 Å². The number of aryl methyl sites for hydroxylation is 1. The number of hydrogen-bond donors (Lipinski definition) is 2. The van der Waals surface area contributed by atoms with Crippen LogP contribution in [0.15, 0.2) is 72.8 Å². The first-order valence-electron chi connectivity index (χ1n) is 12.8. The van der Waals surface area contributed by atoms with Crippen molar-refractivity contribution in [1.82, 2.24) is 10.2 Å². The van der Waals surface area contributed by atoms with E-state index in [2.05, 4.69) is 10.6 Å². The highest BCUT2D eigenvalue weighted by molar-refractivity contribution is 6.04. The third kappa shape index (κ3) is 5.80. The largest absolute Gasteiger partial charge is 0.497 e. The molecule has 8 heteroatoms. The molecule has 0 spiro atoms. The van der Waals surface area contributed by atoms with Crippen molar-refractivity contribution >= 4 is 23.6 Å². The van der Waals surface area contributed by atoms with Crippen LogP contribution in [0.25, 0.3) is 0 Å². The van der Waals surface area contributed by atoms with E-state index in [4.69, 9.17) is 9.47 Å². The fraction of sp³-hybridized carbons (Fsp3) is 0.300. The molecule has 0 aromatic heterocycles. The van der Waals surface area contributed by atoms with Crippen LogP contribution < -0.4 is 15.4 Å². The van der Waals surface area contributed by atoms with Crippen molar-refractivity contribution in [1.29, 1.82) is 0 Å². The van der Waals surface area contributed by atoms with Gasteiger partial charge >= 0.3 is 6.09 Å². The number of ether oxygens (including phenoxy) is 2. The third-order valence-corrected chi connectivity index (χ3v) is 6.92. The van der Waals surface area contributed by atoms with Crippen LogP contribution in [0.1, 0.15) is 46.0 Å². The number of anilines is 1. The third-order valence-electron chi connectivity index (χ3n) is 6.92. The number of cyclic esters (lactones) is 1. The Bertz CT molecular complexity index is 1320. The molecule has 1 aliphatic carbocycles. The lowest BCUT2D eigenvalue weighted by atomic mass is 10.00. The first kappa shape index (κ1) is 25.3. The number of benzene rings is 3. The van der Waals surface area contributed by atoms with Gasteiger partial charge in [0, 0.05) is 17.8 Å². The summed E-state index contributed by atoms with van der Waals surface area (Å²) in [6, 6.07) is 21.0. The van der Waals surface area contributed by atoms with Gasteiger partial charge in [0.05, 0.1) is 13.7 Å². The summed E-state index contributed by atoms with van der Waals surface area (Å²) in [5.74, 6) is 0.603. The number of nitrogens with one attached hydrogen (secondary N) is 2. The summed E-state index contributed by atoms with van der Waals surface area (Å²) < 4.78 is 10.9. The summed E-state index contributed by atoms with van der Waals surface area (Å²) in [4.78, 5) is 40.5. The van der Waals surface area contributed by atoms with E-state index < -0.39 is 18.2 Å². The average molecular weight is 514 g/mol. The Hall–Kier alpha value is -4.33. The molecular weight excluding hydrogens is 482 g/mol. The monoisotopic (exact) mass is 513 g/mol. The molecule has 1 saturated carbocycles. The molecule has 2 atom stereocenters. The van der Waals surface area contributed by atoms with E-state index in [1.807, 2.05) is 31.2 Å². The summed E-state index contributed by atoms with van der Waals surface area (Å²) in [6.07, 6.45) is 0.924. The van der Waals surface area contributed by atoms with Gasteiger partial charge in [-0.05, 0) is 67.1 Å². The summed E-state index contributed by atoms with van der Waals surface area (Å²) >= 11 is 0. The van der Waals surface area contributed by atoms with Gasteiger partial charge in [-0.15, -0.1) is 0 Å². The van der Waals surface area contributed by atoms with Crippen molar-refractivity contribution < 1.29 is 23.9 Å². The van der Waals surface area contributed by atoms with Crippen LogP contribution in [0.2, 0.25) is 0 Å². The van der Waals surface area contributed by atoms with Crippen LogP contribution in [-0.4, -0.2) is 42.5 Å². The Kier molecular flexibility index (Phi) is 7.31. The van der Waals surface area contributed by atoms with Gasteiger partial charge in [-0.25, -0.2) is 4.79 Å². The van der Waals surface area contributed by atoms with E-state index in [9.17, 15) is 14.4 Å². The zero-order valence-corrected chi connectivity index (χ0v) is 21.5.